The Labute approximate surface area is 120 Å². The molecule has 0 aliphatic heterocycles. The van der Waals surface area contributed by atoms with Gasteiger partial charge in [0.15, 0.2) is 0 Å². The summed E-state index contributed by atoms with van der Waals surface area (Å²) in [7, 11) is 0. The van der Waals surface area contributed by atoms with Crippen molar-refractivity contribution >= 4 is 5.91 Å². The number of pyridine rings is 1. The van der Waals surface area contributed by atoms with Crippen LogP contribution in [-0.2, 0) is 0 Å². The lowest BCUT2D eigenvalue weighted by molar-refractivity contribution is 0.0886. The molecule has 0 bridgehead atoms. The Balaban J connectivity index is 2.08. The Morgan fingerprint density at radius 2 is 2.25 bits per heavy atom. The minimum absolute atomic E-state index is 0.0764. The molecule has 1 aromatic rings. The number of aromatic nitrogens is 1. The number of hydrogen-bond acceptors (Lipinski definition) is 3. The van der Waals surface area contributed by atoms with E-state index in [2.05, 4.69) is 24.1 Å². The summed E-state index contributed by atoms with van der Waals surface area (Å²) in [5.74, 6) is 1.52. The average Bonchev–Trinajstić information content (AvgIpc) is 2.45. The normalized spacial score (nSPS) is 26.1. The van der Waals surface area contributed by atoms with E-state index in [0.717, 1.165) is 6.42 Å². The molecule has 0 radical (unpaired) electrons. The number of rotatable bonds is 4. The van der Waals surface area contributed by atoms with Gasteiger partial charge in [0.05, 0.1) is 6.61 Å². The second-order valence-corrected chi connectivity index (χ2v) is 5.64. The lowest BCUT2D eigenvalue weighted by Gasteiger charge is -2.34. The number of carbonyl (C=O) groups is 1. The third kappa shape index (κ3) is 3.30. The van der Waals surface area contributed by atoms with Crippen molar-refractivity contribution in [3.8, 4) is 5.88 Å². The van der Waals surface area contributed by atoms with Crippen LogP contribution < -0.4 is 10.1 Å². The second kappa shape index (κ2) is 6.73. The van der Waals surface area contributed by atoms with E-state index in [9.17, 15) is 4.79 Å². The number of amides is 1. The first kappa shape index (κ1) is 14.8. The molecule has 1 aliphatic rings. The van der Waals surface area contributed by atoms with Gasteiger partial charge in [-0.25, -0.2) is 4.98 Å². The number of hydrogen-bond donors (Lipinski definition) is 1. The summed E-state index contributed by atoms with van der Waals surface area (Å²) in [6.07, 6.45) is 5.14. The summed E-state index contributed by atoms with van der Waals surface area (Å²) in [5.41, 5.74) is 0.528. The Morgan fingerprint density at radius 1 is 1.45 bits per heavy atom. The molecule has 0 saturated heterocycles. The van der Waals surface area contributed by atoms with Gasteiger partial charge in [-0.2, -0.15) is 0 Å². The van der Waals surface area contributed by atoms with Crippen molar-refractivity contribution in [1.29, 1.82) is 0 Å². The van der Waals surface area contributed by atoms with Crippen LogP contribution >= 0.6 is 0 Å². The van der Waals surface area contributed by atoms with Crippen molar-refractivity contribution in [2.24, 2.45) is 11.8 Å². The molecule has 1 aliphatic carbocycles. The first-order chi connectivity index (χ1) is 9.63. The third-order valence-electron chi connectivity index (χ3n) is 4.32. The molecule has 3 unspecified atom stereocenters. The van der Waals surface area contributed by atoms with Crippen LogP contribution in [-0.4, -0.2) is 23.5 Å². The molecule has 1 saturated carbocycles. The minimum Gasteiger partial charge on any atom is -0.477 e. The minimum atomic E-state index is -0.0764. The van der Waals surface area contributed by atoms with Gasteiger partial charge in [-0.1, -0.05) is 26.7 Å². The summed E-state index contributed by atoms with van der Waals surface area (Å²) in [5, 5.41) is 3.16. The van der Waals surface area contributed by atoms with Crippen molar-refractivity contribution < 1.29 is 9.53 Å². The van der Waals surface area contributed by atoms with E-state index < -0.39 is 0 Å². The zero-order valence-corrected chi connectivity index (χ0v) is 12.6. The molecule has 1 heterocycles. The van der Waals surface area contributed by atoms with Crippen LogP contribution in [0.25, 0.3) is 0 Å². The molecule has 4 heteroatoms. The third-order valence-corrected chi connectivity index (χ3v) is 4.32. The van der Waals surface area contributed by atoms with E-state index in [0.29, 0.717) is 29.9 Å². The smallest absolute Gasteiger partial charge is 0.256 e. The molecule has 110 valence electrons. The van der Waals surface area contributed by atoms with E-state index >= 15 is 0 Å². The van der Waals surface area contributed by atoms with E-state index in [-0.39, 0.29) is 11.9 Å². The van der Waals surface area contributed by atoms with Crippen molar-refractivity contribution in [2.45, 2.75) is 46.1 Å². The van der Waals surface area contributed by atoms with Gasteiger partial charge in [0.1, 0.15) is 5.56 Å². The summed E-state index contributed by atoms with van der Waals surface area (Å²) >= 11 is 0. The maximum atomic E-state index is 12.4. The molecule has 4 nitrogen and oxygen atoms in total. The number of carbonyl (C=O) groups excluding carboxylic acids is 1. The van der Waals surface area contributed by atoms with Gasteiger partial charge < -0.3 is 10.1 Å². The van der Waals surface area contributed by atoms with Gasteiger partial charge in [-0.15, -0.1) is 0 Å². The van der Waals surface area contributed by atoms with Crippen LogP contribution in [0.3, 0.4) is 0 Å². The molecule has 1 amide bonds. The quantitative estimate of drug-likeness (QED) is 0.919. The predicted octanol–water partition coefficient (Wildman–Crippen LogP) is 3.03. The lowest BCUT2D eigenvalue weighted by Crippen LogP contribution is -2.43. The van der Waals surface area contributed by atoms with Crippen LogP contribution in [0.5, 0.6) is 5.88 Å². The number of nitrogens with zero attached hydrogens (tertiary/aromatic N) is 1. The van der Waals surface area contributed by atoms with E-state index in [4.69, 9.17) is 4.74 Å². The van der Waals surface area contributed by atoms with Gasteiger partial charge >= 0.3 is 0 Å². The lowest BCUT2D eigenvalue weighted by atomic mass is 9.78. The van der Waals surface area contributed by atoms with E-state index in [1.165, 1.54) is 12.8 Å². The summed E-state index contributed by atoms with van der Waals surface area (Å²) in [6, 6.07) is 3.79. The van der Waals surface area contributed by atoms with E-state index in [1.54, 1.807) is 18.3 Å². The molecule has 1 fully saturated rings. The molecule has 0 spiro atoms. The van der Waals surface area contributed by atoms with Crippen molar-refractivity contribution in [3.63, 3.8) is 0 Å². The Morgan fingerprint density at radius 3 is 3.00 bits per heavy atom. The van der Waals surface area contributed by atoms with Crippen molar-refractivity contribution in [3.05, 3.63) is 23.9 Å². The van der Waals surface area contributed by atoms with Crippen LogP contribution in [0.2, 0.25) is 0 Å². The Bertz CT molecular complexity index is 462. The van der Waals surface area contributed by atoms with Gasteiger partial charge in [-0.05, 0) is 37.3 Å². The van der Waals surface area contributed by atoms with Crippen LogP contribution in [0.15, 0.2) is 18.3 Å². The SMILES string of the molecule is CCOc1ncccc1C(=O)NC1CCCC(C)C1C. The fourth-order valence-electron chi connectivity index (χ4n) is 2.85. The average molecular weight is 276 g/mol. The molecule has 2 rings (SSSR count). The van der Waals surface area contributed by atoms with Crippen molar-refractivity contribution in [1.82, 2.24) is 10.3 Å². The molecule has 1 N–H and O–H groups in total. The number of nitrogens with one attached hydrogen (secondary N) is 1. The highest BCUT2D eigenvalue weighted by atomic mass is 16.5. The summed E-state index contributed by atoms with van der Waals surface area (Å²) in [4.78, 5) is 16.6. The highest BCUT2D eigenvalue weighted by molar-refractivity contribution is 5.96. The maximum Gasteiger partial charge on any atom is 0.256 e. The molecule has 1 aromatic heterocycles. The highest BCUT2D eigenvalue weighted by Gasteiger charge is 2.29. The van der Waals surface area contributed by atoms with Gasteiger partial charge in [0.25, 0.3) is 5.91 Å². The fourth-order valence-corrected chi connectivity index (χ4v) is 2.85. The fraction of sp³-hybridized carbons (Fsp3) is 0.625. The van der Waals surface area contributed by atoms with Crippen molar-refractivity contribution in [2.75, 3.05) is 6.61 Å². The monoisotopic (exact) mass is 276 g/mol. The zero-order valence-electron chi connectivity index (χ0n) is 12.6. The van der Waals surface area contributed by atoms with Crippen LogP contribution in [0.1, 0.15) is 50.4 Å². The molecule has 20 heavy (non-hydrogen) atoms. The van der Waals surface area contributed by atoms with E-state index in [1.807, 2.05) is 6.92 Å². The van der Waals surface area contributed by atoms with Gasteiger partial charge in [0, 0.05) is 12.2 Å². The molecular weight excluding hydrogens is 252 g/mol. The largest absolute Gasteiger partial charge is 0.477 e. The number of ether oxygens (including phenoxy) is 1. The predicted molar refractivity (Wildman–Crippen MR) is 78.8 cm³/mol. The molecule has 0 aromatic carbocycles. The van der Waals surface area contributed by atoms with Gasteiger partial charge in [-0.3, -0.25) is 4.79 Å². The Kier molecular flexibility index (Phi) is 4.99. The summed E-state index contributed by atoms with van der Waals surface area (Å²) in [6.45, 7) is 6.88. The van der Waals surface area contributed by atoms with Crippen LogP contribution in [0, 0.1) is 11.8 Å². The first-order valence-corrected chi connectivity index (χ1v) is 7.52. The topological polar surface area (TPSA) is 51.2 Å². The second-order valence-electron chi connectivity index (χ2n) is 5.64. The highest BCUT2D eigenvalue weighted by Crippen LogP contribution is 2.29. The zero-order chi connectivity index (χ0) is 14.5. The first-order valence-electron chi connectivity index (χ1n) is 7.52. The maximum absolute atomic E-state index is 12.4. The Hall–Kier alpha value is -1.58. The molecule has 3 atom stereocenters. The van der Waals surface area contributed by atoms with Gasteiger partial charge in [0.2, 0.25) is 5.88 Å². The molecular formula is C16H24N2O2. The summed E-state index contributed by atoms with van der Waals surface area (Å²) < 4.78 is 5.42. The standard InChI is InChI=1S/C16H24N2O2/c1-4-20-16-13(8-6-10-17-16)15(19)18-14-9-5-7-11(2)12(14)3/h6,8,10-12,14H,4-5,7,9H2,1-3H3,(H,18,19). The van der Waals surface area contributed by atoms with Crippen LogP contribution in [0.4, 0.5) is 0 Å².